The first-order valence-electron chi connectivity index (χ1n) is 5.52. The zero-order valence-corrected chi connectivity index (χ0v) is 12.2. The molecular formula is C11H21NO5S. The Morgan fingerprint density at radius 3 is 1.94 bits per heavy atom. The largest absolute Gasteiger partial charge is 0.481 e. The van der Waals surface area contributed by atoms with E-state index in [-0.39, 0.29) is 12.2 Å². The molecule has 0 aliphatic heterocycles. The van der Waals surface area contributed by atoms with Gasteiger partial charge in [-0.3, -0.25) is 9.59 Å². The minimum atomic E-state index is -3.20. The Labute approximate surface area is 108 Å². The molecule has 0 atom stereocenters. The van der Waals surface area contributed by atoms with E-state index in [1.54, 1.807) is 13.8 Å². The number of carbonyl (C=O) groups is 2. The van der Waals surface area contributed by atoms with Gasteiger partial charge in [0, 0.05) is 18.2 Å². The number of carbonyl (C=O) groups excluding carboxylic acids is 1. The maximum absolute atomic E-state index is 11.6. The predicted octanol–water partition coefficient (Wildman–Crippen LogP) is 0.427. The molecule has 0 spiro atoms. The smallest absolute Gasteiger partial charge is 0.311 e. The third-order valence-electron chi connectivity index (χ3n) is 3.25. The second kappa shape index (κ2) is 5.26. The van der Waals surface area contributed by atoms with Crippen molar-refractivity contribution in [3.63, 3.8) is 0 Å². The number of aliphatic carboxylic acids is 1. The number of amides is 1. The lowest BCUT2D eigenvalue weighted by Crippen LogP contribution is -2.57. The van der Waals surface area contributed by atoms with Gasteiger partial charge in [-0.15, -0.1) is 0 Å². The highest BCUT2D eigenvalue weighted by molar-refractivity contribution is 7.90. The number of hydrogen-bond donors (Lipinski definition) is 2. The zero-order valence-electron chi connectivity index (χ0n) is 11.4. The summed E-state index contributed by atoms with van der Waals surface area (Å²) in [5, 5.41) is 11.7. The summed E-state index contributed by atoms with van der Waals surface area (Å²) in [6.45, 7) is 6.21. The maximum atomic E-state index is 11.6. The van der Waals surface area contributed by atoms with E-state index in [9.17, 15) is 18.0 Å². The summed E-state index contributed by atoms with van der Waals surface area (Å²) in [6.07, 6.45) is 0.880. The molecule has 0 bridgehead atoms. The average Bonchev–Trinajstić information content (AvgIpc) is 2.12. The lowest BCUT2D eigenvalue weighted by atomic mass is 9.74. The Morgan fingerprint density at radius 2 is 1.61 bits per heavy atom. The van der Waals surface area contributed by atoms with Crippen LogP contribution in [-0.2, 0) is 19.4 Å². The van der Waals surface area contributed by atoms with Crippen LogP contribution >= 0.6 is 0 Å². The summed E-state index contributed by atoms with van der Waals surface area (Å²) in [5.74, 6) is -1.75. The number of hydrogen-bond acceptors (Lipinski definition) is 4. The average molecular weight is 279 g/mol. The summed E-state index contributed by atoms with van der Waals surface area (Å²) >= 11 is 0. The quantitative estimate of drug-likeness (QED) is 0.734. The molecule has 2 N–H and O–H groups in total. The SMILES string of the molecule is CC(C)(NC(=O)CCS(C)(=O)=O)C(C)(C)C(=O)O. The second-order valence-corrected chi connectivity index (χ2v) is 7.74. The van der Waals surface area contributed by atoms with Crippen LogP contribution < -0.4 is 5.32 Å². The fourth-order valence-electron chi connectivity index (χ4n) is 1.11. The highest BCUT2D eigenvalue weighted by Gasteiger charge is 2.44. The molecule has 106 valence electrons. The number of rotatable bonds is 6. The van der Waals surface area contributed by atoms with Crippen molar-refractivity contribution < 1.29 is 23.1 Å². The maximum Gasteiger partial charge on any atom is 0.311 e. The van der Waals surface area contributed by atoms with E-state index in [4.69, 9.17) is 5.11 Å². The molecule has 0 rings (SSSR count). The van der Waals surface area contributed by atoms with Crippen molar-refractivity contribution >= 4 is 21.7 Å². The second-order valence-electron chi connectivity index (χ2n) is 5.48. The van der Waals surface area contributed by atoms with Crippen molar-refractivity contribution in [1.82, 2.24) is 5.32 Å². The summed E-state index contributed by atoms with van der Waals surface area (Å²) in [4.78, 5) is 22.7. The first-order valence-corrected chi connectivity index (χ1v) is 7.58. The molecule has 0 heterocycles. The van der Waals surface area contributed by atoms with E-state index in [0.717, 1.165) is 6.26 Å². The molecule has 0 aromatic carbocycles. The summed E-state index contributed by atoms with van der Waals surface area (Å²) in [6, 6.07) is 0. The molecule has 0 aromatic heterocycles. The van der Waals surface area contributed by atoms with Gasteiger partial charge in [0.05, 0.1) is 11.2 Å². The monoisotopic (exact) mass is 279 g/mol. The molecule has 0 radical (unpaired) electrons. The number of carboxylic acids is 1. The number of carboxylic acid groups (broad SMARTS) is 1. The Bertz CT molecular complexity index is 436. The van der Waals surface area contributed by atoms with E-state index in [2.05, 4.69) is 5.32 Å². The topological polar surface area (TPSA) is 101 Å². The van der Waals surface area contributed by atoms with Crippen LogP contribution in [0.5, 0.6) is 0 Å². The first-order chi connectivity index (χ1) is 7.79. The summed E-state index contributed by atoms with van der Waals surface area (Å²) in [7, 11) is -3.20. The van der Waals surface area contributed by atoms with E-state index >= 15 is 0 Å². The Hall–Kier alpha value is -1.11. The van der Waals surface area contributed by atoms with Gasteiger partial charge in [-0.05, 0) is 27.7 Å². The van der Waals surface area contributed by atoms with Crippen molar-refractivity contribution in [2.75, 3.05) is 12.0 Å². The molecule has 0 unspecified atom stereocenters. The van der Waals surface area contributed by atoms with Crippen molar-refractivity contribution in [3.8, 4) is 0 Å². The van der Waals surface area contributed by atoms with Crippen LogP contribution in [0.4, 0.5) is 0 Å². The van der Waals surface area contributed by atoms with Crippen molar-refractivity contribution in [2.45, 2.75) is 39.7 Å². The normalized spacial score (nSPS) is 13.2. The molecule has 0 aromatic rings. The van der Waals surface area contributed by atoms with Crippen LogP contribution in [0.15, 0.2) is 0 Å². The van der Waals surface area contributed by atoms with Crippen LogP contribution in [0.25, 0.3) is 0 Å². The van der Waals surface area contributed by atoms with Crippen molar-refractivity contribution in [1.29, 1.82) is 0 Å². The molecule has 0 aliphatic rings. The molecule has 1 amide bonds. The Morgan fingerprint density at radius 1 is 1.17 bits per heavy atom. The van der Waals surface area contributed by atoms with Gasteiger partial charge in [0.15, 0.2) is 0 Å². The van der Waals surface area contributed by atoms with Gasteiger partial charge in [-0.25, -0.2) is 8.42 Å². The molecule has 0 saturated heterocycles. The van der Waals surface area contributed by atoms with Gasteiger partial charge < -0.3 is 10.4 Å². The molecule has 18 heavy (non-hydrogen) atoms. The zero-order chi connectivity index (χ0) is 14.8. The van der Waals surface area contributed by atoms with Crippen LogP contribution in [0, 0.1) is 5.41 Å². The van der Waals surface area contributed by atoms with Gasteiger partial charge in [-0.1, -0.05) is 0 Å². The van der Waals surface area contributed by atoms with E-state index in [1.165, 1.54) is 13.8 Å². The van der Waals surface area contributed by atoms with Gasteiger partial charge in [-0.2, -0.15) is 0 Å². The summed E-state index contributed by atoms with van der Waals surface area (Å²) in [5.41, 5.74) is -2.14. The first kappa shape index (κ1) is 16.9. The van der Waals surface area contributed by atoms with E-state index in [0.29, 0.717) is 0 Å². The fourth-order valence-corrected chi connectivity index (χ4v) is 1.67. The van der Waals surface area contributed by atoms with Gasteiger partial charge in [0.1, 0.15) is 9.84 Å². The van der Waals surface area contributed by atoms with Gasteiger partial charge in [0.2, 0.25) is 5.91 Å². The minimum absolute atomic E-state index is 0.169. The Kier molecular flexibility index (Phi) is 4.93. The lowest BCUT2D eigenvalue weighted by Gasteiger charge is -2.38. The third-order valence-corrected chi connectivity index (χ3v) is 4.19. The third kappa shape index (κ3) is 4.64. The van der Waals surface area contributed by atoms with Crippen molar-refractivity contribution in [2.24, 2.45) is 5.41 Å². The van der Waals surface area contributed by atoms with Crippen LogP contribution in [0.2, 0.25) is 0 Å². The molecular weight excluding hydrogens is 258 g/mol. The van der Waals surface area contributed by atoms with Gasteiger partial charge >= 0.3 is 5.97 Å². The van der Waals surface area contributed by atoms with Crippen molar-refractivity contribution in [3.05, 3.63) is 0 Å². The summed E-state index contributed by atoms with van der Waals surface area (Å²) < 4.78 is 21.9. The highest BCUT2D eigenvalue weighted by Crippen LogP contribution is 2.30. The Balaban J connectivity index is 4.69. The lowest BCUT2D eigenvalue weighted by molar-refractivity contribution is -0.151. The molecule has 6 nitrogen and oxygen atoms in total. The number of sulfone groups is 1. The molecule has 7 heteroatoms. The van der Waals surface area contributed by atoms with Crippen LogP contribution in [0.1, 0.15) is 34.1 Å². The molecule has 0 saturated carbocycles. The molecule has 0 aliphatic carbocycles. The highest BCUT2D eigenvalue weighted by atomic mass is 32.2. The van der Waals surface area contributed by atoms with E-state index < -0.39 is 32.7 Å². The predicted molar refractivity (Wildman–Crippen MR) is 68.0 cm³/mol. The van der Waals surface area contributed by atoms with Crippen LogP contribution in [-0.4, -0.2) is 42.9 Å². The number of nitrogens with one attached hydrogen (secondary N) is 1. The van der Waals surface area contributed by atoms with Gasteiger partial charge in [0.25, 0.3) is 0 Å². The van der Waals surface area contributed by atoms with Crippen LogP contribution in [0.3, 0.4) is 0 Å². The minimum Gasteiger partial charge on any atom is -0.481 e. The molecule has 0 fully saturated rings. The van der Waals surface area contributed by atoms with E-state index in [1.807, 2.05) is 0 Å². The fraction of sp³-hybridized carbons (Fsp3) is 0.818. The standard InChI is InChI=1S/C11H21NO5S/c1-10(2,9(14)15)11(3,4)12-8(13)6-7-18(5,16)17/h6-7H2,1-5H3,(H,12,13)(H,14,15).